The minimum atomic E-state index is 0.551. The number of nitrogens with zero attached hydrogens (tertiary/aromatic N) is 2. The molecule has 0 spiro atoms. The van der Waals surface area contributed by atoms with Crippen molar-refractivity contribution in [2.45, 2.75) is 38.1 Å². The molecule has 0 amide bonds. The topological polar surface area (TPSA) is 37.4 Å². The summed E-state index contributed by atoms with van der Waals surface area (Å²) in [5.74, 6) is 0.687. The first-order valence-corrected chi connectivity index (χ1v) is 6.69. The second-order valence-electron chi connectivity index (χ2n) is 5.09. The summed E-state index contributed by atoms with van der Waals surface area (Å²) in [4.78, 5) is 6.39. The van der Waals surface area contributed by atoms with Gasteiger partial charge in [0, 0.05) is 26.3 Å². The van der Waals surface area contributed by atoms with Gasteiger partial charge in [0.15, 0.2) is 0 Å². The molecule has 1 saturated carbocycles. The number of hydrogen-bond donors (Lipinski definition) is 1. The molecule has 100 valence electrons. The number of rotatable bonds is 4. The molecule has 0 unspecified atom stereocenters. The van der Waals surface area contributed by atoms with Crippen molar-refractivity contribution >= 4 is 11.4 Å². The Labute approximate surface area is 109 Å². The van der Waals surface area contributed by atoms with Gasteiger partial charge in [-0.05, 0) is 18.9 Å². The normalized spacial score (nSPS) is 16.4. The molecule has 1 aliphatic rings. The van der Waals surface area contributed by atoms with Crippen LogP contribution in [-0.4, -0.2) is 32.2 Å². The van der Waals surface area contributed by atoms with Crippen LogP contribution in [0.15, 0.2) is 12.3 Å². The maximum atomic E-state index is 5.38. The first-order valence-electron chi connectivity index (χ1n) is 6.69. The van der Waals surface area contributed by atoms with Gasteiger partial charge in [0.2, 0.25) is 5.88 Å². The number of pyridine rings is 1. The van der Waals surface area contributed by atoms with Gasteiger partial charge in [-0.3, -0.25) is 0 Å². The molecule has 1 aromatic heterocycles. The molecule has 0 bridgehead atoms. The molecule has 4 heteroatoms. The fourth-order valence-electron chi connectivity index (χ4n) is 2.55. The summed E-state index contributed by atoms with van der Waals surface area (Å²) in [6.45, 7) is 0. The highest BCUT2D eigenvalue weighted by molar-refractivity contribution is 5.74. The van der Waals surface area contributed by atoms with E-state index in [4.69, 9.17) is 4.74 Å². The van der Waals surface area contributed by atoms with E-state index in [2.05, 4.69) is 15.2 Å². The molecule has 2 rings (SSSR count). The van der Waals surface area contributed by atoms with Gasteiger partial charge in [-0.1, -0.05) is 19.3 Å². The average Bonchev–Trinajstić information content (AvgIpc) is 2.40. The first-order chi connectivity index (χ1) is 8.72. The molecule has 1 aliphatic carbocycles. The van der Waals surface area contributed by atoms with Gasteiger partial charge >= 0.3 is 0 Å². The fraction of sp³-hybridized carbons (Fsp3) is 0.643. The molecular weight excluding hydrogens is 226 g/mol. The number of hydrogen-bond acceptors (Lipinski definition) is 4. The highest BCUT2D eigenvalue weighted by Crippen LogP contribution is 2.34. The van der Waals surface area contributed by atoms with Crippen molar-refractivity contribution in [3.8, 4) is 5.88 Å². The van der Waals surface area contributed by atoms with Crippen molar-refractivity contribution in [3.63, 3.8) is 0 Å². The quantitative estimate of drug-likeness (QED) is 0.890. The zero-order valence-corrected chi connectivity index (χ0v) is 11.6. The van der Waals surface area contributed by atoms with Gasteiger partial charge in [0.25, 0.3) is 0 Å². The molecule has 18 heavy (non-hydrogen) atoms. The van der Waals surface area contributed by atoms with Crippen LogP contribution in [0.3, 0.4) is 0 Å². The minimum absolute atomic E-state index is 0.551. The average molecular weight is 249 g/mol. The van der Waals surface area contributed by atoms with E-state index in [0.29, 0.717) is 11.9 Å². The lowest BCUT2D eigenvalue weighted by Gasteiger charge is -2.27. The standard InChI is InChI=1S/C14H23N3O/c1-17(2)12-9-10-15-14(18-3)13(12)16-11-7-5-4-6-8-11/h9-11,16H,4-8H2,1-3H3. The Morgan fingerprint density at radius 2 is 2.00 bits per heavy atom. The Kier molecular flexibility index (Phi) is 4.28. The fourth-order valence-corrected chi connectivity index (χ4v) is 2.55. The SMILES string of the molecule is COc1nccc(N(C)C)c1NC1CCCCC1. The Bertz CT molecular complexity index is 387. The minimum Gasteiger partial charge on any atom is -0.479 e. The molecule has 4 nitrogen and oxygen atoms in total. The Balaban J connectivity index is 2.22. The van der Waals surface area contributed by atoms with Crippen LogP contribution < -0.4 is 15.0 Å². The highest BCUT2D eigenvalue weighted by atomic mass is 16.5. The van der Waals surface area contributed by atoms with Crippen LogP contribution in [-0.2, 0) is 0 Å². The molecule has 0 atom stereocenters. The molecule has 1 fully saturated rings. The van der Waals surface area contributed by atoms with E-state index in [1.165, 1.54) is 32.1 Å². The molecule has 0 saturated heterocycles. The van der Waals surface area contributed by atoms with Crippen molar-refractivity contribution in [1.82, 2.24) is 4.98 Å². The number of ether oxygens (including phenoxy) is 1. The largest absolute Gasteiger partial charge is 0.479 e. The predicted molar refractivity (Wildman–Crippen MR) is 75.6 cm³/mol. The lowest BCUT2D eigenvalue weighted by molar-refractivity contribution is 0.397. The van der Waals surface area contributed by atoms with Gasteiger partial charge < -0.3 is 15.0 Å². The summed E-state index contributed by atoms with van der Waals surface area (Å²) < 4.78 is 5.38. The summed E-state index contributed by atoms with van der Waals surface area (Å²) in [6.07, 6.45) is 8.27. The number of methoxy groups -OCH3 is 1. The monoisotopic (exact) mass is 249 g/mol. The maximum absolute atomic E-state index is 5.38. The number of aromatic nitrogens is 1. The zero-order valence-electron chi connectivity index (χ0n) is 11.6. The van der Waals surface area contributed by atoms with E-state index in [1.54, 1.807) is 13.3 Å². The summed E-state index contributed by atoms with van der Waals surface area (Å²) in [5, 5.41) is 3.62. The van der Waals surface area contributed by atoms with E-state index in [0.717, 1.165) is 11.4 Å². The molecular formula is C14H23N3O. The molecule has 1 N–H and O–H groups in total. The van der Waals surface area contributed by atoms with Crippen molar-refractivity contribution in [3.05, 3.63) is 12.3 Å². The van der Waals surface area contributed by atoms with Gasteiger partial charge in [-0.15, -0.1) is 0 Å². The van der Waals surface area contributed by atoms with Gasteiger partial charge in [-0.25, -0.2) is 4.98 Å². The van der Waals surface area contributed by atoms with E-state index in [9.17, 15) is 0 Å². The summed E-state index contributed by atoms with van der Waals surface area (Å²) in [6, 6.07) is 2.57. The summed E-state index contributed by atoms with van der Waals surface area (Å²) in [7, 11) is 5.76. The lowest BCUT2D eigenvalue weighted by Crippen LogP contribution is -2.24. The van der Waals surface area contributed by atoms with Gasteiger partial charge in [0.05, 0.1) is 12.8 Å². The van der Waals surface area contributed by atoms with E-state index >= 15 is 0 Å². The van der Waals surface area contributed by atoms with Crippen LogP contribution in [0, 0.1) is 0 Å². The van der Waals surface area contributed by atoms with Crippen LogP contribution in [0.1, 0.15) is 32.1 Å². The maximum Gasteiger partial charge on any atom is 0.239 e. The van der Waals surface area contributed by atoms with Gasteiger partial charge in [-0.2, -0.15) is 0 Å². The van der Waals surface area contributed by atoms with Crippen LogP contribution in [0.5, 0.6) is 5.88 Å². The van der Waals surface area contributed by atoms with Crippen LogP contribution >= 0.6 is 0 Å². The Morgan fingerprint density at radius 3 is 2.61 bits per heavy atom. The smallest absolute Gasteiger partial charge is 0.239 e. The lowest BCUT2D eigenvalue weighted by atomic mass is 9.95. The van der Waals surface area contributed by atoms with E-state index < -0.39 is 0 Å². The second-order valence-corrected chi connectivity index (χ2v) is 5.09. The summed E-state index contributed by atoms with van der Waals surface area (Å²) in [5.41, 5.74) is 2.16. The predicted octanol–water partition coefficient (Wildman–Crippen LogP) is 2.90. The van der Waals surface area contributed by atoms with Crippen LogP contribution in [0.25, 0.3) is 0 Å². The Hall–Kier alpha value is -1.45. The van der Waals surface area contributed by atoms with Crippen molar-refractivity contribution in [2.75, 3.05) is 31.4 Å². The third-order valence-electron chi connectivity index (χ3n) is 3.52. The molecule has 1 heterocycles. The third-order valence-corrected chi connectivity index (χ3v) is 3.52. The third kappa shape index (κ3) is 2.86. The number of anilines is 2. The first kappa shape index (κ1) is 13.0. The summed E-state index contributed by atoms with van der Waals surface area (Å²) >= 11 is 0. The highest BCUT2D eigenvalue weighted by Gasteiger charge is 2.18. The molecule has 0 radical (unpaired) electrons. The molecule has 0 aromatic carbocycles. The van der Waals surface area contributed by atoms with Crippen molar-refractivity contribution in [1.29, 1.82) is 0 Å². The number of nitrogens with one attached hydrogen (secondary N) is 1. The van der Waals surface area contributed by atoms with Crippen LogP contribution in [0.4, 0.5) is 11.4 Å². The second kappa shape index (κ2) is 5.94. The Morgan fingerprint density at radius 1 is 1.28 bits per heavy atom. The van der Waals surface area contributed by atoms with Crippen molar-refractivity contribution < 1.29 is 4.74 Å². The van der Waals surface area contributed by atoms with Crippen LogP contribution in [0.2, 0.25) is 0 Å². The molecule has 1 aromatic rings. The van der Waals surface area contributed by atoms with E-state index in [-0.39, 0.29) is 0 Å². The zero-order chi connectivity index (χ0) is 13.0. The molecule has 0 aliphatic heterocycles. The van der Waals surface area contributed by atoms with Gasteiger partial charge in [0.1, 0.15) is 5.69 Å². The van der Waals surface area contributed by atoms with Crippen molar-refractivity contribution in [2.24, 2.45) is 0 Å². The van der Waals surface area contributed by atoms with E-state index in [1.807, 2.05) is 20.2 Å².